The summed E-state index contributed by atoms with van der Waals surface area (Å²) in [6.07, 6.45) is 0. The van der Waals surface area contributed by atoms with Crippen LogP contribution in [0.15, 0.2) is 121 Å². The van der Waals surface area contributed by atoms with Gasteiger partial charge in [-0.2, -0.15) is 0 Å². The molecule has 7 aromatic rings. The quantitative estimate of drug-likeness (QED) is 0.181. The summed E-state index contributed by atoms with van der Waals surface area (Å²) < 4.78 is 6.35. The Morgan fingerprint density at radius 3 is 1.94 bits per heavy atom. The first-order chi connectivity index (χ1) is 17.3. The van der Waals surface area contributed by atoms with Crippen molar-refractivity contribution in [1.29, 1.82) is 0 Å². The van der Waals surface area contributed by atoms with Gasteiger partial charge >= 0.3 is 0 Å². The zero-order valence-corrected chi connectivity index (χ0v) is 19.0. The van der Waals surface area contributed by atoms with Crippen molar-refractivity contribution in [1.82, 2.24) is 0 Å². The Morgan fingerprint density at radius 1 is 0.343 bits per heavy atom. The van der Waals surface area contributed by atoms with Crippen LogP contribution in [0.3, 0.4) is 0 Å². The number of ether oxygens (including phenoxy) is 1. The number of rotatable bonds is 1. The fourth-order valence-electron chi connectivity index (χ4n) is 5.83. The maximum atomic E-state index is 6.35. The van der Waals surface area contributed by atoms with E-state index >= 15 is 0 Å². The lowest BCUT2D eigenvalue weighted by Gasteiger charge is -2.23. The lowest BCUT2D eigenvalue weighted by Crippen LogP contribution is -1.97. The lowest BCUT2D eigenvalue weighted by molar-refractivity contribution is 0.487. The molecule has 0 aromatic heterocycles. The second-order valence-electron chi connectivity index (χ2n) is 9.33. The van der Waals surface area contributed by atoms with Crippen molar-refractivity contribution in [2.75, 3.05) is 0 Å². The summed E-state index contributed by atoms with van der Waals surface area (Å²) in [6, 6.07) is 43.7. The van der Waals surface area contributed by atoms with Gasteiger partial charge in [0.25, 0.3) is 0 Å². The first-order valence-corrected chi connectivity index (χ1v) is 12.0. The number of hydrogen-bond acceptors (Lipinski definition) is 1. The van der Waals surface area contributed by atoms with Gasteiger partial charge in [-0.15, -0.1) is 0 Å². The molecule has 0 saturated carbocycles. The molecule has 8 rings (SSSR count). The summed E-state index contributed by atoms with van der Waals surface area (Å²) in [7, 11) is 0. The molecule has 1 heterocycles. The van der Waals surface area contributed by atoms with E-state index in [4.69, 9.17) is 4.74 Å². The van der Waals surface area contributed by atoms with E-state index in [2.05, 4.69) is 109 Å². The van der Waals surface area contributed by atoms with Crippen molar-refractivity contribution < 1.29 is 4.74 Å². The molecule has 0 unspecified atom stereocenters. The second kappa shape index (κ2) is 6.94. The second-order valence-corrected chi connectivity index (χ2v) is 9.33. The molecule has 0 bridgehead atoms. The molecule has 162 valence electrons. The minimum Gasteiger partial charge on any atom is -0.456 e. The van der Waals surface area contributed by atoms with Gasteiger partial charge in [0.15, 0.2) is 0 Å². The van der Waals surface area contributed by atoms with Crippen LogP contribution in [0.5, 0.6) is 11.5 Å². The minimum atomic E-state index is 0.920. The normalized spacial score (nSPS) is 12.2. The third-order valence-corrected chi connectivity index (χ3v) is 7.41. The number of benzene rings is 7. The third kappa shape index (κ3) is 2.64. The van der Waals surface area contributed by atoms with E-state index < -0.39 is 0 Å². The third-order valence-electron chi connectivity index (χ3n) is 7.41. The van der Waals surface area contributed by atoms with Crippen LogP contribution in [-0.2, 0) is 0 Å². The Morgan fingerprint density at radius 2 is 1.03 bits per heavy atom. The first-order valence-electron chi connectivity index (χ1n) is 12.0. The van der Waals surface area contributed by atoms with E-state index in [-0.39, 0.29) is 0 Å². The highest BCUT2D eigenvalue weighted by molar-refractivity contribution is 6.20. The van der Waals surface area contributed by atoms with Crippen LogP contribution in [0.4, 0.5) is 0 Å². The maximum Gasteiger partial charge on any atom is 0.135 e. The Kier molecular flexibility index (Phi) is 3.72. The van der Waals surface area contributed by atoms with Crippen molar-refractivity contribution in [3.8, 4) is 33.8 Å². The molecule has 0 atom stereocenters. The molecule has 7 aromatic carbocycles. The summed E-state index contributed by atoms with van der Waals surface area (Å²) >= 11 is 0. The van der Waals surface area contributed by atoms with Crippen molar-refractivity contribution in [3.63, 3.8) is 0 Å². The molecule has 1 nitrogen and oxygen atoms in total. The Balaban J connectivity index is 1.49. The summed E-state index contributed by atoms with van der Waals surface area (Å²) in [5.41, 5.74) is 4.88. The molecule has 0 radical (unpaired) electrons. The van der Waals surface area contributed by atoms with Crippen LogP contribution >= 0.6 is 0 Å². The summed E-state index contributed by atoms with van der Waals surface area (Å²) in [6.45, 7) is 0. The molecule has 0 amide bonds. The molecule has 1 aliphatic heterocycles. The average molecular weight is 445 g/mol. The van der Waals surface area contributed by atoms with Crippen molar-refractivity contribution in [3.05, 3.63) is 121 Å². The zero-order valence-electron chi connectivity index (χ0n) is 19.0. The molecular formula is C34H20O. The van der Waals surface area contributed by atoms with Gasteiger partial charge in [-0.05, 0) is 84.7 Å². The number of para-hydroxylation sites is 1. The molecule has 0 saturated heterocycles. The monoisotopic (exact) mass is 444 g/mol. The van der Waals surface area contributed by atoms with Crippen molar-refractivity contribution in [2.24, 2.45) is 0 Å². The summed E-state index contributed by atoms with van der Waals surface area (Å²) in [5.74, 6) is 1.84. The first kappa shape index (κ1) is 18.8. The molecule has 0 fully saturated rings. The van der Waals surface area contributed by atoms with Gasteiger partial charge in [0.05, 0.1) is 0 Å². The summed E-state index contributed by atoms with van der Waals surface area (Å²) in [4.78, 5) is 0. The van der Waals surface area contributed by atoms with Gasteiger partial charge in [0.2, 0.25) is 0 Å². The number of fused-ring (bicyclic) bond motifs is 6. The van der Waals surface area contributed by atoms with Crippen LogP contribution in [0.2, 0.25) is 0 Å². The Labute approximate surface area is 202 Å². The van der Waals surface area contributed by atoms with Crippen LogP contribution < -0.4 is 4.74 Å². The van der Waals surface area contributed by atoms with Crippen LogP contribution in [0.1, 0.15) is 0 Å². The van der Waals surface area contributed by atoms with Crippen molar-refractivity contribution in [2.45, 2.75) is 0 Å². The van der Waals surface area contributed by atoms with Gasteiger partial charge in [0.1, 0.15) is 11.5 Å². The maximum absolute atomic E-state index is 6.35. The molecule has 0 spiro atoms. The van der Waals surface area contributed by atoms with Gasteiger partial charge in [0, 0.05) is 10.9 Å². The molecule has 1 heteroatoms. The van der Waals surface area contributed by atoms with Gasteiger partial charge in [-0.25, -0.2) is 0 Å². The fraction of sp³-hybridized carbons (Fsp3) is 0. The lowest BCUT2D eigenvalue weighted by atomic mass is 9.87. The molecule has 0 aliphatic carbocycles. The minimum absolute atomic E-state index is 0.920. The van der Waals surface area contributed by atoms with Gasteiger partial charge in [-0.1, -0.05) is 91.0 Å². The van der Waals surface area contributed by atoms with Crippen LogP contribution in [0, 0.1) is 0 Å². The SMILES string of the molecule is c1ccc2c(c1)Oc1cccc3c(-c4cc5cc6ccccc6cc5c5ccccc45)ccc-2c13. The largest absolute Gasteiger partial charge is 0.456 e. The van der Waals surface area contributed by atoms with E-state index in [1.165, 1.54) is 59.8 Å². The topological polar surface area (TPSA) is 9.23 Å². The predicted octanol–water partition coefficient (Wildman–Crippen LogP) is 9.74. The average Bonchev–Trinajstić information content (AvgIpc) is 2.92. The van der Waals surface area contributed by atoms with E-state index in [9.17, 15) is 0 Å². The standard InChI is InChI=1S/C34H20O/c1-2-9-22-19-30-23(18-21(22)8-1)20-31(25-11-4-3-10-24(25)30)26-16-17-29-27-12-5-6-14-32(27)35-33-15-7-13-28(26)34(29)33/h1-20H. The van der Waals surface area contributed by atoms with Crippen molar-refractivity contribution >= 4 is 43.1 Å². The number of hydrogen-bond donors (Lipinski definition) is 0. The zero-order chi connectivity index (χ0) is 22.9. The highest BCUT2D eigenvalue weighted by Crippen LogP contribution is 2.49. The van der Waals surface area contributed by atoms with Crippen LogP contribution in [-0.4, -0.2) is 0 Å². The molecule has 35 heavy (non-hydrogen) atoms. The molecule has 0 N–H and O–H groups in total. The highest BCUT2D eigenvalue weighted by Gasteiger charge is 2.22. The van der Waals surface area contributed by atoms with Gasteiger partial charge < -0.3 is 4.74 Å². The predicted molar refractivity (Wildman–Crippen MR) is 147 cm³/mol. The Hall–Kier alpha value is -4.62. The molecular weight excluding hydrogens is 424 g/mol. The highest BCUT2D eigenvalue weighted by atomic mass is 16.5. The fourth-order valence-corrected chi connectivity index (χ4v) is 5.83. The van der Waals surface area contributed by atoms with E-state index in [1.54, 1.807) is 0 Å². The summed E-state index contributed by atoms with van der Waals surface area (Å²) in [5, 5.41) is 10.1. The van der Waals surface area contributed by atoms with E-state index in [0.29, 0.717) is 0 Å². The Bertz CT molecular complexity index is 1980. The van der Waals surface area contributed by atoms with Gasteiger partial charge in [-0.3, -0.25) is 0 Å². The molecule has 1 aliphatic rings. The smallest absolute Gasteiger partial charge is 0.135 e. The van der Waals surface area contributed by atoms with E-state index in [0.717, 1.165) is 17.1 Å². The van der Waals surface area contributed by atoms with E-state index in [1.807, 2.05) is 12.1 Å². The van der Waals surface area contributed by atoms with Crippen LogP contribution in [0.25, 0.3) is 65.3 Å².